The molecule has 0 bridgehead atoms. The molecule has 1 rings (SSSR count). The first-order chi connectivity index (χ1) is 11.1. The summed E-state index contributed by atoms with van der Waals surface area (Å²) in [6, 6.07) is 2.87. The van der Waals surface area contributed by atoms with Crippen LogP contribution in [-0.2, 0) is 9.59 Å². The fourth-order valence-electron chi connectivity index (χ4n) is 2.73. The minimum Gasteiger partial charge on any atom is -0.480 e. The number of carbonyl (C=O) groups is 3. The number of nitrogens with one attached hydrogen (secondary N) is 2. The molecule has 2 amide bonds. The van der Waals surface area contributed by atoms with Gasteiger partial charge in [0.15, 0.2) is 0 Å². The molecule has 1 atom stereocenters. The summed E-state index contributed by atoms with van der Waals surface area (Å²) < 4.78 is 0. The standard InChI is InChI=1S/C18H26N2O4/c1-10(2)6-14(18(23)24)20-15(21)9-19-17(22)16-12(4)7-11(3)8-13(16)5/h7-8,10,14H,6,9H2,1-5H3,(H,19,22)(H,20,21)(H,23,24)/t14-/m0/s1. The van der Waals surface area contributed by atoms with Gasteiger partial charge in [-0.05, 0) is 44.2 Å². The van der Waals surface area contributed by atoms with Gasteiger partial charge in [-0.15, -0.1) is 0 Å². The van der Waals surface area contributed by atoms with Crippen LogP contribution >= 0.6 is 0 Å². The van der Waals surface area contributed by atoms with Crippen molar-refractivity contribution in [3.05, 3.63) is 34.4 Å². The van der Waals surface area contributed by atoms with Gasteiger partial charge in [0.1, 0.15) is 6.04 Å². The monoisotopic (exact) mass is 334 g/mol. The summed E-state index contributed by atoms with van der Waals surface area (Å²) >= 11 is 0. The Morgan fingerprint density at radius 3 is 2.08 bits per heavy atom. The van der Waals surface area contributed by atoms with Crippen molar-refractivity contribution >= 4 is 17.8 Å². The van der Waals surface area contributed by atoms with E-state index in [-0.39, 0.29) is 18.4 Å². The van der Waals surface area contributed by atoms with E-state index in [4.69, 9.17) is 5.11 Å². The van der Waals surface area contributed by atoms with E-state index in [2.05, 4.69) is 10.6 Å². The highest BCUT2D eigenvalue weighted by atomic mass is 16.4. The molecule has 1 aromatic rings. The van der Waals surface area contributed by atoms with Gasteiger partial charge in [-0.2, -0.15) is 0 Å². The van der Waals surface area contributed by atoms with Crippen LogP contribution in [0.4, 0.5) is 0 Å². The van der Waals surface area contributed by atoms with Crippen LogP contribution < -0.4 is 10.6 Å². The summed E-state index contributed by atoms with van der Waals surface area (Å²) in [5, 5.41) is 14.1. The van der Waals surface area contributed by atoms with Crippen LogP contribution in [0.15, 0.2) is 12.1 Å². The van der Waals surface area contributed by atoms with Crippen LogP contribution in [0.2, 0.25) is 0 Å². The second kappa shape index (κ2) is 8.47. The van der Waals surface area contributed by atoms with E-state index in [1.54, 1.807) is 0 Å². The number of carboxylic acid groups (broad SMARTS) is 1. The lowest BCUT2D eigenvalue weighted by molar-refractivity contribution is -0.142. The predicted molar refractivity (Wildman–Crippen MR) is 92.0 cm³/mol. The minimum atomic E-state index is -1.08. The summed E-state index contributed by atoms with van der Waals surface area (Å²) in [4.78, 5) is 35.4. The summed E-state index contributed by atoms with van der Waals surface area (Å²) in [5.41, 5.74) is 3.30. The van der Waals surface area contributed by atoms with Gasteiger partial charge in [0.05, 0.1) is 6.54 Å². The second-order valence-electron chi connectivity index (χ2n) is 6.54. The number of aliphatic carboxylic acids is 1. The molecule has 0 aliphatic carbocycles. The lowest BCUT2D eigenvalue weighted by Crippen LogP contribution is -2.46. The number of hydrogen-bond donors (Lipinski definition) is 3. The van der Waals surface area contributed by atoms with Gasteiger partial charge in [0.25, 0.3) is 5.91 Å². The zero-order chi connectivity index (χ0) is 18.4. The largest absolute Gasteiger partial charge is 0.480 e. The Bertz CT molecular complexity index is 615. The predicted octanol–water partition coefficient (Wildman–Crippen LogP) is 1.96. The number of hydrogen-bond acceptors (Lipinski definition) is 3. The number of benzene rings is 1. The molecule has 6 nitrogen and oxygen atoms in total. The van der Waals surface area contributed by atoms with Crippen LogP contribution in [0, 0.1) is 26.7 Å². The highest BCUT2D eigenvalue weighted by Gasteiger charge is 2.21. The molecular weight excluding hydrogens is 308 g/mol. The Hall–Kier alpha value is -2.37. The molecule has 0 aliphatic heterocycles. The quantitative estimate of drug-likeness (QED) is 0.710. The summed E-state index contributed by atoms with van der Waals surface area (Å²) in [6.45, 7) is 9.15. The summed E-state index contributed by atoms with van der Waals surface area (Å²) in [5.74, 6) is -1.79. The van der Waals surface area contributed by atoms with Gasteiger partial charge in [-0.3, -0.25) is 9.59 Å². The van der Waals surface area contributed by atoms with Crippen molar-refractivity contribution in [2.24, 2.45) is 5.92 Å². The van der Waals surface area contributed by atoms with Crippen molar-refractivity contribution in [1.29, 1.82) is 0 Å². The van der Waals surface area contributed by atoms with Gasteiger partial charge >= 0.3 is 5.97 Å². The maximum Gasteiger partial charge on any atom is 0.326 e. The van der Waals surface area contributed by atoms with E-state index in [0.29, 0.717) is 12.0 Å². The fraction of sp³-hybridized carbons (Fsp3) is 0.500. The number of amides is 2. The molecule has 0 radical (unpaired) electrons. The van der Waals surface area contributed by atoms with Gasteiger partial charge in [-0.1, -0.05) is 31.5 Å². The van der Waals surface area contributed by atoms with Gasteiger partial charge < -0.3 is 15.7 Å². The van der Waals surface area contributed by atoms with Crippen LogP contribution in [0.3, 0.4) is 0 Å². The number of carbonyl (C=O) groups excluding carboxylic acids is 2. The van der Waals surface area contributed by atoms with Crippen LogP contribution in [0.25, 0.3) is 0 Å². The molecule has 0 aliphatic rings. The third kappa shape index (κ3) is 5.68. The smallest absolute Gasteiger partial charge is 0.326 e. The second-order valence-corrected chi connectivity index (χ2v) is 6.54. The Balaban J connectivity index is 2.67. The summed E-state index contributed by atoms with van der Waals surface area (Å²) in [6.07, 6.45) is 0.338. The molecule has 1 aromatic carbocycles. The Morgan fingerprint density at radius 1 is 1.08 bits per heavy atom. The molecule has 0 saturated heterocycles. The highest BCUT2D eigenvalue weighted by molar-refractivity contribution is 5.99. The van der Waals surface area contributed by atoms with Crippen molar-refractivity contribution in [3.63, 3.8) is 0 Å². The Labute approximate surface area is 142 Å². The molecule has 0 fully saturated rings. The van der Waals surface area contributed by atoms with E-state index in [9.17, 15) is 14.4 Å². The lowest BCUT2D eigenvalue weighted by Gasteiger charge is -2.17. The molecule has 6 heteroatoms. The third-order valence-electron chi connectivity index (χ3n) is 3.65. The number of rotatable bonds is 7. The Kier molecular flexibility index (Phi) is 6.95. The number of aryl methyl sites for hydroxylation is 3. The van der Waals surface area contributed by atoms with E-state index in [1.807, 2.05) is 46.8 Å². The molecule has 132 valence electrons. The minimum absolute atomic E-state index is 0.138. The normalized spacial score (nSPS) is 11.9. The molecule has 3 N–H and O–H groups in total. The molecule has 0 spiro atoms. The van der Waals surface area contributed by atoms with Crippen molar-refractivity contribution in [3.8, 4) is 0 Å². The summed E-state index contributed by atoms with van der Waals surface area (Å²) in [7, 11) is 0. The van der Waals surface area contributed by atoms with E-state index < -0.39 is 17.9 Å². The molecule has 0 unspecified atom stereocenters. The van der Waals surface area contributed by atoms with E-state index >= 15 is 0 Å². The van der Waals surface area contributed by atoms with E-state index in [1.165, 1.54) is 0 Å². The average Bonchev–Trinajstić information content (AvgIpc) is 2.42. The average molecular weight is 334 g/mol. The zero-order valence-electron chi connectivity index (χ0n) is 14.9. The first kappa shape index (κ1) is 19.7. The van der Waals surface area contributed by atoms with Crippen molar-refractivity contribution < 1.29 is 19.5 Å². The molecule has 0 heterocycles. The molecule has 0 saturated carbocycles. The van der Waals surface area contributed by atoms with Gasteiger partial charge in [0.2, 0.25) is 5.91 Å². The topological polar surface area (TPSA) is 95.5 Å². The van der Waals surface area contributed by atoms with Gasteiger partial charge in [0, 0.05) is 5.56 Å². The SMILES string of the molecule is Cc1cc(C)c(C(=O)NCC(=O)N[C@@H](CC(C)C)C(=O)O)c(C)c1. The molecular formula is C18H26N2O4. The molecule has 24 heavy (non-hydrogen) atoms. The molecule has 0 aromatic heterocycles. The highest BCUT2D eigenvalue weighted by Crippen LogP contribution is 2.16. The van der Waals surface area contributed by atoms with Crippen molar-refractivity contribution in [1.82, 2.24) is 10.6 Å². The van der Waals surface area contributed by atoms with E-state index in [0.717, 1.165) is 16.7 Å². The number of carboxylic acids is 1. The van der Waals surface area contributed by atoms with Crippen LogP contribution in [0.5, 0.6) is 0 Å². The Morgan fingerprint density at radius 2 is 1.62 bits per heavy atom. The first-order valence-corrected chi connectivity index (χ1v) is 8.00. The third-order valence-corrected chi connectivity index (χ3v) is 3.65. The fourth-order valence-corrected chi connectivity index (χ4v) is 2.73. The first-order valence-electron chi connectivity index (χ1n) is 8.00. The zero-order valence-corrected chi connectivity index (χ0v) is 14.9. The van der Waals surface area contributed by atoms with Crippen LogP contribution in [-0.4, -0.2) is 35.5 Å². The maximum absolute atomic E-state index is 12.3. The van der Waals surface area contributed by atoms with Crippen molar-refractivity contribution in [2.45, 2.75) is 47.1 Å². The van der Waals surface area contributed by atoms with Crippen molar-refractivity contribution in [2.75, 3.05) is 6.54 Å². The van der Waals surface area contributed by atoms with Gasteiger partial charge in [-0.25, -0.2) is 4.79 Å². The lowest BCUT2D eigenvalue weighted by atomic mass is 9.99. The van der Waals surface area contributed by atoms with Crippen LogP contribution in [0.1, 0.15) is 47.3 Å². The maximum atomic E-state index is 12.3.